The van der Waals surface area contributed by atoms with Gasteiger partial charge in [-0.15, -0.1) is 0 Å². The second-order valence-electron chi connectivity index (χ2n) is 6.53. The van der Waals surface area contributed by atoms with Gasteiger partial charge in [-0.25, -0.2) is 19.7 Å². The first-order chi connectivity index (χ1) is 11.2. The minimum absolute atomic E-state index is 0.226. The van der Waals surface area contributed by atoms with E-state index in [0.717, 1.165) is 5.56 Å². The zero-order valence-corrected chi connectivity index (χ0v) is 14.6. The number of imide groups is 1. The summed E-state index contributed by atoms with van der Waals surface area (Å²) >= 11 is 0. The van der Waals surface area contributed by atoms with E-state index in [-0.39, 0.29) is 11.9 Å². The van der Waals surface area contributed by atoms with E-state index >= 15 is 0 Å². The fourth-order valence-corrected chi connectivity index (χ4v) is 2.48. The molecule has 126 valence electrons. The molecule has 24 heavy (non-hydrogen) atoms. The Morgan fingerprint density at radius 2 is 1.67 bits per heavy atom. The molecule has 0 spiro atoms. The number of amides is 3. The smallest absolute Gasteiger partial charge is 0.275 e. The maximum Gasteiger partial charge on any atom is 0.338 e. The lowest BCUT2D eigenvalue weighted by Crippen LogP contribution is -2.53. The van der Waals surface area contributed by atoms with Crippen LogP contribution in [0.4, 0.5) is 16.4 Å². The van der Waals surface area contributed by atoms with Crippen molar-refractivity contribution < 1.29 is 9.59 Å². The van der Waals surface area contributed by atoms with E-state index in [1.807, 2.05) is 45.9 Å². The van der Waals surface area contributed by atoms with Gasteiger partial charge in [-0.3, -0.25) is 9.69 Å². The summed E-state index contributed by atoms with van der Waals surface area (Å²) in [7, 11) is 0. The molecule has 0 aliphatic heterocycles. The number of rotatable bonds is 2. The largest absolute Gasteiger partial charge is 0.338 e. The van der Waals surface area contributed by atoms with E-state index in [1.165, 1.54) is 16.7 Å². The molecule has 0 fully saturated rings. The van der Waals surface area contributed by atoms with Crippen LogP contribution in [-0.2, 0) is 4.79 Å². The fourth-order valence-electron chi connectivity index (χ4n) is 2.48. The minimum Gasteiger partial charge on any atom is -0.275 e. The van der Waals surface area contributed by atoms with Crippen molar-refractivity contribution in [3.8, 4) is 0 Å². The second-order valence-corrected chi connectivity index (χ2v) is 6.53. The standard InChI is InChI=1S/C18H22N4O2/c1-13-8-6-9-15(12-13)21(16-19-10-7-11-20-16)17(24)22(14(2)23)18(3,4)5/h6-12H,1-5H3. The lowest BCUT2D eigenvalue weighted by molar-refractivity contribution is -0.129. The van der Waals surface area contributed by atoms with Crippen LogP contribution in [0.3, 0.4) is 0 Å². The van der Waals surface area contributed by atoms with Crippen LogP contribution < -0.4 is 4.90 Å². The first kappa shape index (κ1) is 17.6. The van der Waals surface area contributed by atoms with Crippen LogP contribution >= 0.6 is 0 Å². The Morgan fingerprint density at radius 3 is 2.17 bits per heavy atom. The Kier molecular flexibility index (Phi) is 4.97. The van der Waals surface area contributed by atoms with Crippen LogP contribution in [0.25, 0.3) is 0 Å². The average Bonchev–Trinajstić information content (AvgIpc) is 2.46. The predicted octanol–water partition coefficient (Wildman–Crippen LogP) is 3.69. The van der Waals surface area contributed by atoms with E-state index in [4.69, 9.17) is 0 Å². The number of carbonyl (C=O) groups excluding carboxylic acids is 2. The lowest BCUT2D eigenvalue weighted by Gasteiger charge is -2.36. The molecule has 2 rings (SSSR count). The third-order valence-electron chi connectivity index (χ3n) is 3.38. The summed E-state index contributed by atoms with van der Waals surface area (Å²) < 4.78 is 0. The highest BCUT2D eigenvalue weighted by Crippen LogP contribution is 2.27. The van der Waals surface area contributed by atoms with Gasteiger partial charge in [-0.1, -0.05) is 12.1 Å². The Morgan fingerprint density at radius 1 is 1.04 bits per heavy atom. The maximum absolute atomic E-state index is 13.2. The average molecular weight is 326 g/mol. The molecule has 3 amide bonds. The molecule has 1 aromatic carbocycles. The number of benzene rings is 1. The summed E-state index contributed by atoms with van der Waals surface area (Å²) in [5.41, 5.74) is 0.938. The molecule has 2 aromatic rings. The molecule has 0 saturated heterocycles. The quantitative estimate of drug-likeness (QED) is 0.844. The SMILES string of the molecule is CC(=O)N(C(=O)N(c1cccc(C)c1)c1ncccn1)C(C)(C)C. The molecule has 0 unspecified atom stereocenters. The number of urea groups is 1. The molecule has 0 saturated carbocycles. The third-order valence-corrected chi connectivity index (χ3v) is 3.38. The van der Waals surface area contributed by atoms with Gasteiger partial charge in [0.2, 0.25) is 11.9 Å². The van der Waals surface area contributed by atoms with Gasteiger partial charge in [0.25, 0.3) is 0 Å². The molecular formula is C18H22N4O2. The number of carbonyl (C=O) groups is 2. The van der Waals surface area contributed by atoms with E-state index in [1.54, 1.807) is 24.5 Å². The Hall–Kier alpha value is -2.76. The van der Waals surface area contributed by atoms with Gasteiger partial charge in [0, 0.05) is 24.9 Å². The van der Waals surface area contributed by atoms with Crippen molar-refractivity contribution in [1.29, 1.82) is 0 Å². The normalized spacial score (nSPS) is 11.0. The number of hydrogen-bond acceptors (Lipinski definition) is 4. The van der Waals surface area contributed by atoms with Crippen molar-refractivity contribution in [2.45, 2.75) is 40.2 Å². The van der Waals surface area contributed by atoms with Gasteiger partial charge >= 0.3 is 6.03 Å². The number of aryl methyl sites for hydroxylation is 1. The molecule has 0 aliphatic carbocycles. The van der Waals surface area contributed by atoms with Crippen molar-refractivity contribution in [2.24, 2.45) is 0 Å². The Bertz CT molecular complexity index is 738. The molecular weight excluding hydrogens is 304 g/mol. The van der Waals surface area contributed by atoms with Gasteiger partial charge in [0.05, 0.1) is 5.69 Å². The molecule has 6 heteroatoms. The number of nitrogens with zero attached hydrogens (tertiary/aromatic N) is 4. The summed E-state index contributed by atoms with van der Waals surface area (Å²) in [5.74, 6) is -0.107. The molecule has 0 atom stereocenters. The Labute approximate surface area is 142 Å². The van der Waals surface area contributed by atoms with Gasteiger partial charge in [0.1, 0.15) is 0 Å². The molecule has 0 radical (unpaired) electrons. The van der Waals surface area contributed by atoms with Crippen molar-refractivity contribution >= 4 is 23.6 Å². The van der Waals surface area contributed by atoms with Crippen LogP contribution in [0.2, 0.25) is 0 Å². The van der Waals surface area contributed by atoms with Crippen LogP contribution in [-0.4, -0.2) is 32.3 Å². The van der Waals surface area contributed by atoms with Crippen LogP contribution in [0.5, 0.6) is 0 Å². The minimum atomic E-state index is -0.667. The van der Waals surface area contributed by atoms with E-state index < -0.39 is 11.6 Å². The summed E-state index contributed by atoms with van der Waals surface area (Å²) in [5, 5.41) is 0. The second kappa shape index (κ2) is 6.78. The molecule has 0 aliphatic rings. The zero-order chi connectivity index (χ0) is 17.9. The monoisotopic (exact) mass is 326 g/mol. The molecule has 1 aromatic heterocycles. The van der Waals surface area contributed by atoms with E-state index in [9.17, 15) is 9.59 Å². The van der Waals surface area contributed by atoms with Crippen molar-refractivity contribution in [3.05, 3.63) is 48.3 Å². The van der Waals surface area contributed by atoms with Crippen molar-refractivity contribution in [3.63, 3.8) is 0 Å². The topological polar surface area (TPSA) is 66.4 Å². The van der Waals surface area contributed by atoms with Crippen LogP contribution in [0, 0.1) is 6.92 Å². The Balaban J connectivity index is 2.58. The first-order valence-electron chi connectivity index (χ1n) is 7.70. The zero-order valence-electron chi connectivity index (χ0n) is 14.6. The van der Waals surface area contributed by atoms with Gasteiger partial charge in [-0.2, -0.15) is 0 Å². The van der Waals surface area contributed by atoms with E-state index in [0.29, 0.717) is 5.69 Å². The predicted molar refractivity (Wildman–Crippen MR) is 93.0 cm³/mol. The summed E-state index contributed by atoms with van der Waals surface area (Å²) in [6.45, 7) is 8.75. The van der Waals surface area contributed by atoms with Crippen LogP contribution in [0.15, 0.2) is 42.7 Å². The summed E-state index contributed by atoms with van der Waals surface area (Å²) in [4.78, 5) is 36.2. The maximum atomic E-state index is 13.2. The number of hydrogen-bond donors (Lipinski definition) is 0. The highest BCUT2D eigenvalue weighted by molar-refractivity contribution is 6.06. The summed E-state index contributed by atoms with van der Waals surface area (Å²) in [6.07, 6.45) is 3.13. The highest BCUT2D eigenvalue weighted by Gasteiger charge is 2.35. The number of anilines is 2. The summed E-state index contributed by atoms with van der Waals surface area (Å²) in [6, 6.07) is 8.63. The van der Waals surface area contributed by atoms with Crippen LogP contribution in [0.1, 0.15) is 33.3 Å². The van der Waals surface area contributed by atoms with Gasteiger partial charge in [0.15, 0.2) is 0 Å². The van der Waals surface area contributed by atoms with Crippen molar-refractivity contribution in [1.82, 2.24) is 14.9 Å². The van der Waals surface area contributed by atoms with Crippen molar-refractivity contribution in [2.75, 3.05) is 4.90 Å². The molecule has 0 N–H and O–H groups in total. The molecule has 1 heterocycles. The molecule has 0 bridgehead atoms. The third kappa shape index (κ3) is 3.76. The highest BCUT2D eigenvalue weighted by atomic mass is 16.2. The lowest BCUT2D eigenvalue weighted by atomic mass is 10.1. The molecule has 6 nitrogen and oxygen atoms in total. The van der Waals surface area contributed by atoms with E-state index in [2.05, 4.69) is 9.97 Å². The first-order valence-corrected chi connectivity index (χ1v) is 7.70. The van der Waals surface area contributed by atoms with Gasteiger partial charge < -0.3 is 0 Å². The van der Waals surface area contributed by atoms with Gasteiger partial charge in [-0.05, 0) is 51.5 Å². The fraction of sp³-hybridized carbons (Fsp3) is 0.333. The number of aromatic nitrogens is 2.